The second kappa shape index (κ2) is 7.29. The number of pyridine rings is 1. The zero-order chi connectivity index (χ0) is 13.9. The Morgan fingerprint density at radius 3 is 2.57 bits per heavy atom. The van der Waals surface area contributed by atoms with Crippen molar-refractivity contribution < 1.29 is 4.79 Å². The van der Waals surface area contributed by atoms with E-state index < -0.39 is 0 Å². The first kappa shape index (κ1) is 16.3. The first-order chi connectivity index (χ1) is 9.75. The molecule has 1 N–H and O–H groups in total. The molecule has 0 saturated carbocycles. The van der Waals surface area contributed by atoms with Gasteiger partial charge in [-0.2, -0.15) is 0 Å². The third-order valence-electron chi connectivity index (χ3n) is 3.77. The van der Waals surface area contributed by atoms with Crippen molar-refractivity contribution in [2.45, 2.75) is 31.6 Å². The second-order valence-electron chi connectivity index (χ2n) is 5.25. The molecule has 3 rings (SSSR count). The van der Waals surface area contributed by atoms with Gasteiger partial charge < -0.3 is 5.32 Å². The van der Waals surface area contributed by atoms with Crippen LogP contribution >= 0.6 is 24.2 Å². The molecule has 1 unspecified atom stereocenters. The van der Waals surface area contributed by atoms with E-state index in [0.717, 1.165) is 29.3 Å². The number of piperidine rings is 1. The van der Waals surface area contributed by atoms with Gasteiger partial charge in [0.05, 0.1) is 0 Å². The van der Waals surface area contributed by atoms with E-state index in [1.165, 1.54) is 19.3 Å². The number of hydrogen-bond donors (Lipinski definition) is 1. The quantitative estimate of drug-likeness (QED) is 0.908. The van der Waals surface area contributed by atoms with Crippen LogP contribution in [-0.4, -0.2) is 34.3 Å². The van der Waals surface area contributed by atoms with Gasteiger partial charge in [0.1, 0.15) is 5.37 Å². The van der Waals surface area contributed by atoms with E-state index >= 15 is 0 Å². The Morgan fingerprint density at radius 1 is 1.24 bits per heavy atom. The number of likely N-dealkylation sites (tertiary alicyclic amines) is 1. The lowest BCUT2D eigenvalue weighted by Crippen LogP contribution is -2.48. The summed E-state index contributed by atoms with van der Waals surface area (Å²) in [6.45, 7) is 4.01. The summed E-state index contributed by atoms with van der Waals surface area (Å²) < 4.78 is 0. The van der Waals surface area contributed by atoms with E-state index in [9.17, 15) is 4.79 Å². The number of aromatic nitrogens is 1. The third kappa shape index (κ3) is 3.59. The molecular formula is C15H20ClN3OS. The maximum Gasteiger partial charge on any atom is 0.252 e. The predicted molar refractivity (Wildman–Crippen MR) is 89.0 cm³/mol. The molecule has 1 aromatic heterocycles. The summed E-state index contributed by atoms with van der Waals surface area (Å²) in [6.07, 6.45) is 7.25. The minimum absolute atomic E-state index is 0. The zero-order valence-corrected chi connectivity index (χ0v) is 13.7. The smallest absolute Gasteiger partial charge is 0.252 e. The fraction of sp³-hybridized carbons (Fsp3) is 0.467. The molecular weight excluding hydrogens is 306 g/mol. The number of thioether (sulfide) groups is 1. The van der Waals surface area contributed by atoms with Crippen LogP contribution in [0.5, 0.6) is 0 Å². The molecule has 114 valence electrons. The number of amides is 1. The van der Waals surface area contributed by atoms with Gasteiger partial charge in [-0.3, -0.25) is 14.7 Å². The molecule has 1 saturated heterocycles. The number of carbonyl (C=O) groups is 1. The van der Waals surface area contributed by atoms with Crippen molar-refractivity contribution in [2.24, 2.45) is 0 Å². The van der Waals surface area contributed by atoms with Gasteiger partial charge in [0.2, 0.25) is 0 Å². The number of nitrogens with zero attached hydrogens (tertiary/aromatic N) is 2. The number of rotatable bonds is 2. The predicted octanol–water partition coefficient (Wildman–Crippen LogP) is 2.87. The van der Waals surface area contributed by atoms with Crippen LogP contribution in [0, 0.1) is 0 Å². The van der Waals surface area contributed by atoms with E-state index in [4.69, 9.17) is 0 Å². The van der Waals surface area contributed by atoms with E-state index in [1.807, 2.05) is 19.1 Å². The normalized spacial score (nSPS) is 23.5. The summed E-state index contributed by atoms with van der Waals surface area (Å²) >= 11 is 1.67. The first-order valence-electron chi connectivity index (χ1n) is 7.08. The summed E-state index contributed by atoms with van der Waals surface area (Å²) in [5.41, 5.74) is 2.07. The topological polar surface area (TPSA) is 45.2 Å². The van der Waals surface area contributed by atoms with E-state index in [2.05, 4.69) is 15.2 Å². The summed E-state index contributed by atoms with van der Waals surface area (Å²) in [5.74, 6) is 0.118. The van der Waals surface area contributed by atoms with Crippen LogP contribution < -0.4 is 5.32 Å². The molecule has 0 radical (unpaired) electrons. The molecule has 2 aliphatic heterocycles. The Morgan fingerprint density at radius 2 is 1.90 bits per heavy atom. The molecule has 0 aliphatic carbocycles. The Labute approximate surface area is 135 Å². The lowest BCUT2D eigenvalue weighted by Gasteiger charge is -2.36. The maximum absolute atomic E-state index is 12.3. The Balaban J connectivity index is 0.00000161. The number of allylic oxidation sites excluding steroid dienone is 1. The van der Waals surface area contributed by atoms with Gasteiger partial charge in [0, 0.05) is 23.0 Å². The van der Waals surface area contributed by atoms with Crippen LogP contribution in [0.25, 0.3) is 4.91 Å². The molecule has 4 nitrogen and oxygen atoms in total. The number of hydrogen-bond acceptors (Lipinski definition) is 4. The van der Waals surface area contributed by atoms with Crippen LogP contribution in [0.2, 0.25) is 0 Å². The summed E-state index contributed by atoms with van der Waals surface area (Å²) in [7, 11) is 0. The van der Waals surface area contributed by atoms with Crippen molar-refractivity contribution in [2.75, 3.05) is 13.1 Å². The van der Waals surface area contributed by atoms with Gasteiger partial charge in [-0.05, 0) is 50.6 Å². The monoisotopic (exact) mass is 325 g/mol. The highest BCUT2D eigenvalue weighted by atomic mass is 35.5. The zero-order valence-electron chi connectivity index (χ0n) is 12.0. The van der Waals surface area contributed by atoms with Crippen LogP contribution in [0.3, 0.4) is 0 Å². The standard InChI is InChI=1S/C15H19N3OS.ClH/c1-11-13(12-5-7-16-8-6-12)20-15(14(19)17-11)18-9-3-2-4-10-18;/h5-8,15H,2-4,9-10H2,1H3,(H,17,19);1H. The van der Waals surface area contributed by atoms with Crippen molar-refractivity contribution >= 4 is 35.0 Å². The molecule has 0 spiro atoms. The molecule has 2 aliphatic rings. The van der Waals surface area contributed by atoms with Gasteiger partial charge in [-0.15, -0.1) is 12.4 Å². The van der Waals surface area contributed by atoms with Crippen molar-refractivity contribution in [1.29, 1.82) is 0 Å². The molecule has 21 heavy (non-hydrogen) atoms. The number of carbonyl (C=O) groups excluding carboxylic acids is 1. The summed E-state index contributed by atoms with van der Waals surface area (Å²) in [5, 5.41) is 2.94. The molecule has 1 amide bonds. The van der Waals surface area contributed by atoms with Crippen molar-refractivity contribution in [3.8, 4) is 0 Å². The van der Waals surface area contributed by atoms with Gasteiger partial charge in [-0.1, -0.05) is 18.2 Å². The SMILES string of the molecule is CC1=C(c2ccncc2)SC(N2CCCCC2)C(=O)N1.Cl. The highest BCUT2D eigenvalue weighted by molar-refractivity contribution is 8.09. The number of nitrogens with one attached hydrogen (secondary N) is 1. The van der Waals surface area contributed by atoms with Gasteiger partial charge >= 0.3 is 0 Å². The summed E-state index contributed by atoms with van der Waals surface area (Å²) in [4.78, 5) is 19.8. The van der Waals surface area contributed by atoms with Crippen LogP contribution in [-0.2, 0) is 4.79 Å². The Bertz CT molecular complexity index is 529. The van der Waals surface area contributed by atoms with Crippen LogP contribution in [0.15, 0.2) is 30.2 Å². The van der Waals surface area contributed by atoms with Crippen molar-refractivity contribution in [1.82, 2.24) is 15.2 Å². The molecule has 1 fully saturated rings. The first-order valence-corrected chi connectivity index (χ1v) is 7.96. The third-order valence-corrected chi connectivity index (χ3v) is 5.28. The van der Waals surface area contributed by atoms with Crippen LogP contribution in [0.1, 0.15) is 31.7 Å². The largest absolute Gasteiger partial charge is 0.327 e. The lowest BCUT2D eigenvalue weighted by atomic mass is 10.1. The van der Waals surface area contributed by atoms with Gasteiger partial charge in [0.15, 0.2) is 0 Å². The highest BCUT2D eigenvalue weighted by Crippen LogP contribution is 2.38. The Kier molecular flexibility index (Phi) is 5.67. The van der Waals surface area contributed by atoms with E-state index in [0.29, 0.717) is 0 Å². The van der Waals surface area contributed by atoms with Gasteiger partial charge in [-0.25, -0.2) is 0 Å². The van der Waals surface area contributed by atoms with Crippen molar-refractivity contribution in [3.05, 3.63) is 35.8 Å². The minimum atomic E-state index is -0.0952. The molecule has 3 heterocycles. The van der Waals surface area contributed by atoms with Gasteiger partial charge in [0.25, 0.3) is 5.91 Å². The molecule has 1 aromatic rings. The average molecular weight is 326 g/mol. The molecule has 1 atom stereocenters. The highest BCUT2D eigenvalue weighted by Gasteiger charge is 2.33. The fourth-order valence-corrected chi connectivity index (χ4v) is 3.99. The molecule has 6 heteroatoms. The van der Waals surface area contributed by atoms with Crippen molar-refractivity contribution in [3.63, 3.8) is 0 Å². The van der Waals surface area contributed by atoms with E-state index in [-0.39, 0.29) is 23.7 Å². The maximum atomic E-state index is 12.3. The average Bonchev–Trinajstić information content (AvgIpc) is 2.49. The Hall–Kier alpha value is -1.04. The minimum Gasteiger partial charge on any atom is -0.327 e. The van der Waals surface area contributed by atoms with E-state index in [1.54, 1.807) is 24.2 Å². The molecule has 0 aromatic carbocycles. The summed E-state index contributed by atoms with van der Waals surface area (Å²) in [6, 6.07) is 3.99. The molecule has 0 bridgehead atoms. The van der Waals surface area contributed by atoms with Crippen LogP contribution in [0.4, 0.5) is 0 Å². The lowest BCUT2D eigenvalue weighted by molar-refractivity contribution is -0.123. The second-order valence-corrected chi connectivity index (χ2v) is 6.34. The number of halogens is 1. The fourth-order valence-electron chi connectivity index (χ4n) is 2.74.